The number of thioether (sulfide) groups is 1. The van der Waals surface area contributed by atoms with Gasteiger partial charge in [-0.2, -0.15) is 0 Å². The van der Waals surface area contributed by atoms with Gasteiger partial charge in [-0.15, -0.1) is 23.1 Å². The van der Waals surface area contributed by atoms with Crippen LogP contribution >= 0.6 is 23.1 Å². The molecule has 1 aromatic heterocycles. The molecule has 0 saturated carbocycles. The molecule has 46 heavy (non-hydrogen) atoms. The summed E-state index contributed by atoms with van der Waals surface area (Å²) in [6.45, 7) is 0. The maximum atomic E-state index is 13.4. The number of aromatic nitrogens is 1. The van der Waals surface area contributed by atoms with Crippen molar-refractivity contribution in [2.75, 3.05) is 30.6 Å². The predicted octanol–water partition coefficient (Wildman–Crippen LogP) is 6.97. The number of thiazole rings is 1. The van der Waals surface area contributed by atoms with Crippen molar-refractivity contribution in [3.05, 3.63) is 125 Å². The largest absolute Gasteiger partial charge is 0.497 e. The van der Waals surface area contributed by atoms with Crippen LogP contribution in [0.2, 0.25) is 0 Å². The first-order valence-electron chi connectivity index (χ1n) is 14.1. The Morgan fingerprint density at radius 3 is 2.22 bits per heavy atom. The van der Waals surface area contributed by atoms with E-state index in [2.05, 4.69) is 20.9 Å². The van der Waals surface area contributed by atoms with E-state index in [9.17, 15) is 14.4 Å². The van der Waals surface area contributed by atoms with Crippen LogP contribution in [-0.4, -0.2) is 42.7 Å². The van der Waals surface area contributed by atoms with Crippen LogP contribution < -0.4 is 25.4 Å². The molecule has 5 rings (SSSR count). The van der Waals surface area contributed by atoms with Crippen molar-refractivity contribution in [1.29, 1.82) is 0 Å². The summed E-state index contributed by atoms with van der Waals surface area (Å²) in [6, 6.07) is 30.5. The third-order valence-corrected chi connectivity index (χ3v) is 8.31. The van der Waals surface area contributed by atoms with Gasteiger partial charge < -0.3 is 25.4 Å². The lowest BCUT2D eigenvalue weighted by atomic mass is 10.1. The summed E-state index contributed by atoms with van der Waals surface area (Å²) < 4.78 is 10.4. The van der Waals surface area contributed by atoms with Gasteiger partial charge in [-0.3, -0.25) is 14.4 Å². The van der Waals surface area contributed by atoms with E-state index in [1.807, 2.05) is 41.8 Å². The number of nitrogens with zero attached hydrogens (tertiary/aromatic N) is 1. The zero-order valence-corrected chi connectivity index (χ0v) is 26.6. The highest BCUT2D eigenvalue weighted by Crippen LogP contribution is 2.27. The number of carbonyl (C=O) groups excluding carboxylic acids is 3. The van der Waals surface area contributed by atoms with Crippen LogP contribution in [0.5, 0.6) is 11.5 Å². The second-order valence-electron chi connectivity index (χ2n) is 9.74. The van der Waals surface area contributed by atoms with Crippen LogP contribution in [0.25, 0.3) is 17.3 Å². The zero-order chi connectivity index (χ0) is 32.3. The number of hydrogen-bond acceptors (Lipinski definition) is 8. The van der Waals surface area contributed by atoms with Crippen LogP contribution in [0.3, 0.4) is 0 Å². The molecule has 0 bridgehead atoms. The molecule has 4 aromatic carbocycles. The molecule has 0 aliphatic rings. The summed E-state index contributed by atoms with van der Waals surface area (Å²) >= 11 is 2.67. The van der Waals surface area contributed by atoms with Gasteiger partial charge in [0.15, 0.2) is 5.13 Å². The number of nitrogens with one attached hydrogen (secondary N) is 3. The van der Waals surface area contributed by atoms with E-state index in [1.165, 1.54) is 23.1 Å². The smallest absolute Gasteiger partial charge is 0.272 e. The minimum absolute atomic E-state index is 0.0638. The number of ether oxygens (including phenoxy) is 2. The molecule has 3 N–H and O–H groups in total. The highest BCUT2D eigenvalue weighted by atomic mass is 32.2. The molecule has 0 saturated heterocycles. The van der Waals surface area contributed by atoms with Crippen LogP contribution in [-0.2, 0) is 9.59 Å². The lowest BCUT2D eigenvalue weighted by Gasteiger charge is -2.12. The van der Waals surface area contributed by atoms with E-state index < -0.39 is 11.8 Å². The normalized spacial score (nSPS) is 11.0. The van der Waals surface area contributed by atoms with Crippen LogP contribution in [0.4, 0.5) is 10.8 Å². The van der Waals surface area contributed by atoms with Gasteiger partial charge in [0, 0.05) is 27.1 Å². The molecule has 0 fully saturated rings. The summed E-state index contributed by atoms with van der Waals surface area (Å²) in [5.74, 6) is 0.449. The third kappa shape index (κ3) is 8.84. The van der Waals surface area contributed by atoms with E-state index >= 15 is 0 Å². The average Bonchev–Trinajstić information content (AvgIpc) is 3.56. The summed E-state index contributed by atoms with van der Waals surface area (Å²) in [6.07, 6.45) is 1.59. The molecular formula is C35H30N4O5S2. The monoisotopic (exact) mass is 650 g/mol. The third-order valence-electron chi connectivity index (χ3n) is 6.55. The Hall–Kier alpha value is -5.39. The Labute approximate surface area is 274 Å². The lowest BCUT2D eigenvalue weighted by molar-refractivity contribution is -0.114. The van der Waals surface area contributed by atoms with E-state index in [0.29, 0.717) is 27.7 Å². The first kappa shape index (κ1) is 32.0. The Kier molecular flexibility index (Phi) is 10.8. The predicted molar refractivity (Wildman–Crippen MR) is 183 cm³/mol. The van der Waals surface area contributed by atoms with Gasteiger partial charge >= 0.3 is 0 Å². The molecule has 0 unspecified atom stereocenters. The standard InChI is InChI=1S/C35H30N4O5S2/c1-43-27-15-11-23(12-16-27)19-30(37-33(41)25-7-4-3-5-8-25)34(42)36-26-9-6-10-29(20-26)45-22-32(40)39-35-38-31(21-46-35)24-13-17-28(44-2)18-14-24/h3-21H,22H2,1-2H3,(H,36,42)(H,37,41)(H,38,39,40)/b30-19+. The number of hydrogen-bond donors (Lipinski definition) is 3. The Morgan fingerprint density at radius 1 is 0.826 bits per heavy atom. The topological polar surface area (TPSA) is 119 Å². The average molecular weight is 651 g/mol. The highest BCUT2D eigenvalue weighted by molar-refractivity contribution is 8.00. The molecule has 3 amide bonds. The van der Waals surface area contributed by atoms with Crippen LogP contribution in [0, 0.1) is 0 Å². The first-order valence-corrected chi connectivity index (χ1v) is 15.9. The van der Waals surface area contributed by atoms with E-state index in [4.69, 9.17) is 9.47 Å². The van der Waals surface area contributed by atoms with Gasteiger partial charge in [0.25, 0.3) is 11.8 Å². The molecule has 0 radical (unpaired) electrons. The number of methoxy groups -OCH3 is 2. The molecule has 0 spiro atoms. The quantitative estimate of drug-likeness (QED) is 0.0986. The maximum Gasteiger partial charge on any atom is 0.272 e. The van der Waals surface area contributed by atoms with Gasteiger partial charge in [0.1, 0.15) is 17.2 Å². The number of benzene rings is 4. The van der Waals surface area contributed by atoms with Crippen LogP contribution in [0.1, 0.15) is 15.9 Å². The summed E-state index contributed by atoms with van der Waals surface area (Å²) in [4.78, 5) is 44.3. The van der Waals surface area contributed by atoms with E-state index in [-0.39, 0.29) is 17.4 Å². The minimum atomic E-state index is -0.503. The second-order valence-corrected chi connectivity index (χ2v) is 11.6. The fraction of sp³-hybridized carbons (Fsp3) is 0.0857. The second kappa shape index (κ2) is 15.6. The van der Waals surface area contributed by atoms with Crippen molar-refractivity contribution >= 4 is 57.7 Å². The zero-order valence-electron chi connectivity index (χ0n) is 25.0. The Morgan fingerprint density at radius 2 is 1.52 bits per heavy atom. The van der Waals surface area contributed by atoms with Crippen molar-refractivity contribution in [2.45, 2.75) is 4.90 Å². The van der Waals surface area contributed by atoms with Gasteiger partial charge in [0.05, 0.1) is 25.7 Å². The van der Waals surface area contributed by atoms with Gasteiger partial charge in [0.2, 0.25) is 5.91 Å². The maximum absolute atomic E-state index is 13.4. The van der Waals surface area contributed by atoms with E-state index in [0.717, 1.165) is 21.9 Å². The fourth-order valence-electron chi connectivity index (χ4n) is 4.20. The Balaban J connectivity index is 1.22. The molecule has 1 heterocycles. The Bertz CT molecular complexity index is 1840. The molecule has 11 heteroatoms. The fourth-order valence-corrected chi connectivity index (χ4v) is 5.69. The number of rotatable bonds is 12. The first-order chi connectivity index (χ1) is 22.4. The SMILES string of the molecule is COc1ccc(/C=C(/NC(=O)c2ccccc2)C(=O)Nc2cccc(SCC(=O)Nc3nc(-c4ccc(OC)cc4)cs3)c2)cc1. The number of carbonyl (C=O) groups is 3. The van der Waals surface area contributed by atoms with Crippen molar-refractivity contribution in [2.24, 2.45) is 0 Å². The molecule has 5 aromatic rings. The summed E-state index contributed by atoms with van der Waals surface area (Å²) in [5, 5.41) is 10.8. The number of anilines is 2. The summed E-state index contributed by atoms with van der Waals surface area (Å²) in [7, 11) is 3.19. The summed E-state index contributed by atoms with van der Waals surface area (Å²) in [5.41, 5.74) is 3.38. The lowest BCUT2D eigenvalue weighted by Crippen LogP contribution is -2.30. The van der Waals surface area contributed by atoms with Crippen molar-refractivity contribution in [3.8, 4) is 22.8 Å². The molecule has 0 atom stereocenters. The van der Waals surface area contributed by atoms with Gasteiger partial charge in [-0.1, -0.05) is 36.4 Å². The van der Waals surface area contributed by atoms with E-state index in [1.54, 1.807) is 87.0 Å². The molecule has 0 aliphatic heterocycles. The number of amides is 3. The molecule has 232 valence electrons. The van der Waals surface area contributed by atoms with Gasteiger partial charge in [-0.25, -0.2) is 4.98 Å². The van der Waals surface area contributed by atoms with Crippen molar-refractivity contribution in [3.63, 3.8) is 0 Å². The highest BCUT2D eigenvalue weighted by Gasteiger charge is 2.16. The van der Waals surface area contributed by atoms with Crippen molar-refractivity contribution in [1.82, 2.24) is 10.3 Å². The van der Waals surface area contributed by atoms with Crippen molar-refractivity contribution < 1.29 is 23.9 Å². The van der Waals surface area contributed by atoms with Crippen LogP contribution in [0.15, 0.2) is 119 Å². The molecule has 0 aliphatic carbocycles. The molecule has 9 nitrogen and oxygen atoms in total. The van der Waals surface area contributed by atoms with Gasteiger partial charge in [-0.05, 0) is 78.4 Å². The minimum Gasteiger partial charge on any atom is -0.497 e. The molecular weight excluding hydrogens is 621 g/mol.